The third-order valence-electron chi connectivity index (χ3n) is 16.6. The SMILES string of the molecule is CC1(C(=O)OCC(OC(=O)C2(C)COC(c3ccccc3)OC2)C(OC(=O)C2(C)COC(c3ccccc3)OC2)C(COC(=O)C2(C)COC(c3ccccc3)OC2)OC(=O)C2(C)CCOC(c3ccccc3)OC2)CCCOC(c2ccccc2)OC1. The van der Waals surface area contributed by atoms with E-state index in [9.17, 15) is 9.59 Å². The van der Waals surface area contributed by atoms with E-state index >= 15 is 14.4 Å². The molecule has 0 aromatic heterocycles. The van der Waals surface area contributed by atoms with Crippen LogP contribution in [0.25, 0.3) is 0 Å². The summed E-state index contributed by atoms with van der Waals surface area (Å²) in [5, 5.41) is 0. The van der Waals surface area contributed by atoms with E-state index in [0.717, 1.165) is 16.7 Å². The molecule has 0 saturated carbocycles. The summed E-state index contributed by atoms with van der Waals surface area (Å²) in [5.74, 6) is -4.32. The zero-order valence-corrected chi connectivity index (χ0v) is 50.3. The van der Waals surface area contributed by atoms with Gasteiger partial charge in [-0.05, 0) is 53.9 Å². The van der Waals surface area contributed by atoms with E-state index in [1.807, 2.05) is 152 Å². The van der Waals surface area contributed by atoms with Crippen molar-refractivity contribution < 1.29 is 95.0 Å². The van der Waals surface area contributed by atoms with Gasteiger partial charge in [0.2, 0.25) is 0 Å². The average molecular weight is 1220 g/mol. The Morgan fingerprint density at radius 2 is 0.602 bits per heavy atom. The second-order valence-electron chi connectivity index (χ2n) is 24.6. The van der Waals surface area contributed by atoms with Gasteiger partial charge in [0.1, 0.15) is 29.5 Å². The lowest BCUT2D eigenvalue weighted by Crippen LogP contribution is -2.56. The molecule has 0 N–H and O–H groups in total. The molecule has 0 bridgehead atoms. The molecule has 0 spiro atoms. The van der Waals surface area contributed by atoms with Gasteiger partial charge >= 0.3 is 29.8 Å². The molecule has 5 saturated heterocycles. The zero-order chi connectivity index (χ0) is 61.8. The largest absolute Gasteiger partial charge is 0.461 e. The number of benzene rings is 5. The predicted molar refractivity (Wildman–Crippen MR) is 311 cm³/mol. The number of carbonyl (C=O) groups is 5. The van der Waals surface area contributed by atoms with Gasteiger partial charge in [-0.1, -0.05) is 152 Å². The van der Waals surface area contributed by atoms with Crippen LogP contribution in [0.4, 0.5) is 0 Å². The summed E-state index contributed by atoms with van der Waals surface area (Å²) in [5.41, 5.74) is -3.61. The maximum Gasteiger partial charge on any atom is 0.317 e. The Labute approximate surface area is 512 Å². The van der Waals surface area contributed by atoms with Crippen molar-refractivity contribution >= 4 is 29.8 Å². The minimum atomic E-state index is -1.93. The first-order valence-electron chi connectivity index (χ1n) is 29.8. The molecule has 0 aliphatic carbocycles. The van der Waals surface area contributed by atoms with Crippen LogP contribution in [-0.4, -0.2) is 127 Å². The highest BCUT2D eigenvalue weighted by Gasteiger charge is 2.52. The lowest BCUT2D eigenvalue weighted by molar-refractivity contribution is -0.251. The first kappa shape index (κ1) is 64.0. The van der Waals surface area contributed by atoms with Crippen molar-refractivity contribution in [2.45, 2.75) is 104 Å². The van der Waals surface area contributed by atoms with Crippen molar-refractivity contribution in [3.05, 3.63) is 179 Å². The van der Waals surface area contributed by atoms with Crippen molar-refractivity contribution in [3.8, 4) is 0 Å². The molecular formula is C68H78O20. The fourth-order valence-electron chi connectivity index (χ4n) is 10.6. The zero-order valence-electron chi connectivity index (χ0n) is 50.3. The number of carbonyl (C=O) groups excluding carboxylic acids is 5. The van der Waals surface area contributed by atoms with Gasteiger partial charge in [0.05, 0.1) is 76.9 Å². The molecule has 5 fully saturated rings. The standard InChI is InChI=1S/C68H78O20/c1-64(32-21-34-74-54(78-38-64)46-22-11-6-12-23-46)59(69)76-36-52(87-62(72)67(4)42-82-57(83-43-67)49-28-17-9-18-29-49)53(88-63(73)68(5)44-84-58(85-45-68)50-30-19-10-20-31-50)51(37-77-60(70)66(3)40-80-56(81-41-66)48-26-15-8-16-27-48)86-61(71)65(2)33-35-75-55(79-39-65)47-24-13-7-14-25-47/h6-20,22-31,51-58H,21,32-45H2,1-5H3. The molecule has 5 aromatic rings. The Morgan fingerprint density at radius 3 is 0.955 bits per heavy atom. The first-order chi connectivity index (χ1) is 42.4. The molecule has 88 heavy (non-hydrogen) atoms. The summed E-state index contributed by atoms with van der Waals surface area (Å²) in [7, 11) is 0. The van der Waals surface area contributed by atoms with E-state index in [-0.39, 0.29) is 78.9 Å². The molecule has 5 aliphatic rings. The summed E-state index contributed by atoms with van der Waals surface area (Å²) in [6, 6.07) is 46.1. The van der Waals surface area contributed by atoms with E-state index in [2.05, 4.69) is 0 Å². The lowest BCUT2D eigenvalue weighted by Gasteiger charge is -2.41. The van der Waals surface area contributed by atoms with Gasteiger partial charge < -0.3 is 71.1 Å². The van der Waals surface area contributed by atoms with Gasteiger partial charge in [-0.3, -0.25) is 24.0 Å². The maximum absolute atomic E-state index is 15.3. The molecule has 5 aromatic carbocycles. The summed E-state index contributed by atoms with van der Waals surface area (Å²) in [6.07, 6.45) is -8.82. The van der Waals surface area contributed by atoms with Gasteiger partial charge in [-0.15, -0.1) is 0 Å². The van der Waals surface area contributed by atoms with Crippen LogP contribution in [-0.2, 0) is 95.0 Å². The van der Waals surface area contributed by atoms with Crippen LogP contribution >= 0.6 is 0 Å². The van der Waals surface area contributed by atoms with E-state index in [1.165, 1.54) is 0 Å². The Hall–Kier alpha value is -6.95. The maximum atomic E-state index is 15.3. The highest BCUT2D eigenvalue weighted by atomic mass is 16.7. The quantitative estimate of drug-likeness (QED) is 0.0554. The second kappa shape index (κ2) is 28.7. The highest BCUT2D eigenvalue weighted by Crippen LogP contribution is 2.40. The molecule has 10 rings (SSSR count). The third kappa shape index (κ3) is 15.5. The van der Waals surface area contributed by atoms with E-state index in [0.29, 0.717) is 17.5 Å². The van der Waals surface area contributed by atoms with Crippen LogP contribution in [0.5, 0.6) is 0 Å². The van der Waals surface area contributed by atoms with Crippen molar-refractivity contribution in [3.63, 3.8) is 0 Å². The Balaban J connectivity index is 0.995. The molecule has 5 heterocycles. The fraction of sp³-hybridized carbons (Fsp3) is 0.485. The Bertz CT molecular complexity index is 3070. The number of esters is 5. The summed E-state index contributed by atoms with van der Waals surface area (Å²) >= 11 is 0. The average Bonchev–Trinajstić information content (AvgIpc) is 2.59. The normalized spacial score (nSPS) is 30.5. The van der Waals surface area contributed by atoms with Gasteiger partial charge in [0.15, 0.2) is 49.8 Å². The van der Waals surface area contributed by atoms with Crippen LogP contribution in [0.15, 0.2) is 152 Å². The van der Waals surface area contributed by atoms with E-state index in [1.54, 1.807) is 34.6 Å². The topological polar surface area (TPSA) is 224 Å². The van der Waals surface area contributed by atoms with Gasteiger partial charge in [0, 0.05) is 27.8 Å². The third-order valence-corrected chi connectivity index (χ3v) is 16.6. The smallest absolute Gasteiger partial charge is 0.317 e. The summed E-state index contributed by atoms with van der Waals surface area (Å²) in [4.78, 5) is 75.2. The Kier molecular flexibility index (Phi) is 20.9. The monoisotopic (exact) mass is 1210 g/mol. The molecule has 20 heteroatoms. The van der Waals surface area contributed by atoms with E-state index in [4.69, 9.17) is 71.1 Å². The molecule has 470 valence electrons. The van der Waals surface area contributed by atoms with Crippen LogP contribution in [0.3, 0.4) is 0 Å². The van der Waals surface area contributed by atoms with Crippen LogP contribution in [0, 0.1) is 27.1 Å². The van der Waals surface area contributed by atoms with Gasteiger partial charge in [0.25, 0.3) is 0 Å². The Morgan fingerprint density at radius 1 is 0.341 bits per heavy atom. The van der Waals surface area contributed by atoms with Crippen molar-refractivity contribution in [1.82, 2.24) is 0 Å². The highest BCUT2D eigenvalue weighted by molar-refractivity contribution is 5.80. The van der Waals surface area contributed by atoms with Gasteiger partial charge in [-0.25, -0.2) is 0 Å². The molecule has 7 unspecified atom stereocenters. The van der Waals surface area contributed by atoms with Crippen molar-refractivity contribution in [2.24, 2.45) is 27.1 Å². The van der Waals surface area contributed by atoms with Crippen molar-refractivity contribution in [2.75, 3.05) is 79.3 Å². The van der Waals surface area contributed by atoms with Crippen LogP contribution < -0.4 is 0 Å². The number of rotatable bonds is 19. The van der Waals surface area contributed by atoms with Crippen LogP contribution in [0.1, 0.15) is 113 Å². The van der Waals surface area contributed by atoms with Crippen LogP contribution in [0.2, 0.25) is 0 Å². The molecule has 7 atom stereocenters. The molecule has 20 nitrogen and oxygen atoms in total. The fourth-order valence-corrected chi connectivity index (χ4v) is 10.6. The number of hydrogen-bond acceptors (Lipinski definition) is 20. The van der Waals surface area contributed by atoms with Gasteiger partial charge in [-0.2, -0.15) is 0 Å². The van der Waals surface area contributed by atoms with Crippen molar-refractivity contribution in [1.29, 1.82) is 0 Å². The predicted octanol–water partition coefficient (Wildman–Crippen LogP) is 9.74. The lowest BCUT2D eigenvalue weighted by atomic mass is 9.86. The summed E-state index contributed by atoms with van der Waals surface area (Å²) in [6.45, 7) is 5.30. The molecule has 5 aliphatic heterocycles. The minimum absolute atomic E-state index is 0.0542. The number of hydrogen-bond donors (Lipinski definition) is 0. The number of ether oxygens (including phenoxy) is 15. The van der Waals surface area contributed by atoms with E-state index < -0.39 is 120 Å². The minimum Gasteiger partial charge on any atom is -0.461 e. The second-order valence-corrected chi connectivity index (χ2v) is 24.6. The first-order valence-corrected chi connectivity index (χ1v) is 29.8. The molecule has 0 radical (unpaired) electrons. The molecular weight excluding hydrogens is 1140 g/mol. The summed E-state index contributed by atoms with van der Waals surface area (Å²) < 4.78 is 93.7. The molecule has 0 amide bonds.